The number of sulfone groups is 1. The van der Waals surface area contributed by atoms with Gasteiger partial charge < -0.3 is 19.0 Å². The van der Waals surface area contributed by atoms with Crippen LogP contribution in [0.3, 0.4) is 0 Å². The minimum Gasteiger partial charge on any atom is -0.440 e. The molecular formula is C31H24F5N3O6S. The molecule has 0 spiro atoms. The van der Waals surface area contributed by atoms with Crippen LogP contribution < -0.4 is 9.47 Å². The number of hydrogen-bond donors (Lipinski definition) is 1. The molecule has 0 saturated carbocycles. The van der Waals surface area contributed by atoms with Gasteiger partial charge in [0, 0.05) is 49.4 Å². The molecule has 1 N–H and O–H groups in total. The molecule has 0 unspecified atom stereocenters. The molecule has 6 rings (SSSR count). The lowest BCUT2D eigenvalue weighted by Gasteiger charge is -2.14. The Bertz CT molecular complexity index is 2140. The lowest BCUT2D eigenvalue weighted by atomic mass is 9.93. The summed E-state index contributed by atoms with van der Waals surface area (Å²) in [5.74, 6) is -4.43. The lowest BCUT2D eigenvalue weighted by molar-refractivity contribution is -0.286. The first-order valence-electron chi connectivity index (χ1n) is 13.5. The van der Waals surface area contributed by atoms with Crippen molar-refractivity contribution in [2.24, 2.45) is 7.05 Å². The summed E-state index contributed by atoms with van der Waals surface area (Å²) in [7, 11) is -2.50. The molecule has 0 radical (unpaired) electrons. The second-order valence-electron chi connectivity index (χ2n) is 10.8. The van der Waals surface area contributed by atoms with Gasteiger partial charge in [-0.1, -0.05) is 12.1 Å². The Hall–Kier alpha value is -4.76. The van der Waals surface area contributed by atoms with Gasteiger partial charge in [-0.05, 0) is 53.6 Å². The van der Waals surface area contributed by atoms with Gasteiger partial charge in [0.25, 0.3) is 5.92 Å². The highest BCUT2D eigenvalue weighted by molar-refractivity contribution is 7.90. The van der Waals surface area contributed by atoms with E-state index >= 15 is 4.39 Å². The summed E-state index contributed by atoms with van der Waals surface area (Å²) in [5, 5.41) is 13.6. The van der Waals surface area contributed by atoms with Crippen LogP contribution in [0.25, 0.3) is 45.0 Å². The molecule has 0 saturated heterocycles. The maximum absolute atomic E-state index is 15.1. The van der Waals surface area contributed by atoms with Gasteiger partial charge in [-0.3, -0.25) is 4.68 Å². The number of aliphatic hydroxyl groups excluding tert-OH is 1. The van der Waals surface area contributed by atoms with E-state index in [0.29, 0.717) is 18.1 Å². The predicted octanol–water partition coefficient (Wildman–Crippen LogP) is 6.85. The number of nitrogens with zero attached hydrogens (tertiary/aromatic N) is 3. The van der Waals surface area contributed by atoms with Crippen molar-refractivity contribution in [2.75, 3.05) is 6.26 Å². The molecule has 46 heavy (non-hydrogen) atoms. The number of aliphatic hydroxyl groups is 1. The van der Waals surface area contributed by atoms with Crippen molar-refractivity contribution < 1.29 is 49.4 Å². The van der Waals surface area contributed by atoms with Crippen molar-refractivity contribution in [3.63, 3.8) is 0 Å². The molecule has 0 aliphatic carbocycles. The summed E-state index contributed by atoms with van der Waals surface area (Å²) >= 11 is 0. The smallest absolute Gasteiger partial charge is 0.440 e. The summed E-state index contributed by atoms with van der Waals surface area (Å²) in [6.45, 7) is 1.39. The van der Waals surface area contributed by atoms with E-state index in [1.54, 1.807) is 13.0 Å². The number of fused-ring (bicyclic) bond motifs is 1. The van der Waals surface area contributed by atoms with Gasteiger partial charge >= 0.3 is 6.29 Å². The zero-order valence-corrected chi connectivity index (χ0v) is 25.3. The van der Waals surface area contributed by atoms with Crippen molar-refractivity contribution in [2.45, 2.75) is 37.6 Å². The fraction of sp³-hybridized carbons (Fsp3) is 0.226. The highest BCUT2D eigenvalue weighted by atomic mass is 32.2. The third-order valence-electron chi connectivity index (χ3n) is 7.32. The van der Waals surface area contributed by atoms with Crippen molar-refractivity contribution >= 4 is 9.84 Å². The zero-order valence-electron chi connectivity index (χ0n) is 24.5. The van der Waals surface area contributed by atoms with E-state index in [1.807, 2.05) is 0 Å². The van der Waals surface area contributed by atoms with Crippen LogP contribution in [-0.4, -0.2) is 40.8 Å². The van der Waals surface area contributed by atoms with E-state index < -0.39 is 50.6 Å². The maximum Gasteiger partial charge on any atom is 0.586 e. The maximum atomic E-state index is 15.1. The molecule has 2 aromatic heterocycles. The third kappa shape index (κ3) is 5.60. The number of ether oxygens (including phenoxy) is 2. The minimum absolute atomic E-state index is 0.0850. The van der Waals surface area contributed by atoms with Crippen molar-refractivity contribution in [1.82, 2.24) is 14.8 Å². The summed E-state index contributed by atoms with van der Waals surface area (Å²) in [6, 6.07) is 12.1. The summed E-state index contributed by atoms with van der Waals surface area (Å²) in [6.07, 6.45) is -2.98. The Labute approximate surface area is 258 Å². The van der Waals surface area contributed by atoms with Crippen LogP contribution in [0.2, 0.25) is 0 Å². The Morgan fingerprint density at radius 2 is 1.65 bits per heavy atom. The van der Waals surface area contributed by atoms with Crippen LogP contribution in [0.1, 0.15) is 24.1 Å². The van der Waals surface area contributed by atoms with Gasteiger partial charge in [-0.25, -0.2) is 17.8 Å². The molecule has 0 amide bonds. The molecule has 0 atom stereocenters. The number of halogens is 5. The molecule has 1 aliphatic heterocycles. The van der Waals surface area contributed by atoms with Gasteiger partial charge in [0.2, 0.25) is 0 Å². The van der Waals surface area contributed by atoms with Gasteiger partial charge in [0.05, 0.1) is 17.2 Å². The number of hydrogen-bond acceptors (Lipinski definition) is 8. The van der Waals surface area contributed by atoms with Crippen LogP contribution in [0.4, 0.5) is 22.0 Å². The first-order chi connectivity index (χ1) is 21.4. The number of aryl methyl sites for hydroxylation is 2. The Kier molecular flexibility index (Phi) is 7.24. The van der Waals surface area contributed by atoms with E-state index in [0.717, 1.165) is 12.3 Å². The standard InChI is InChI=1S/C31H24F5N3O6S/c1-15-37-28(17-6-8-24-25(11-17)45-31(35,36)44-24)29(43-15)20-9-16(18-10-22(32)21(14-40)26(12-18)46(4,41)42)5-7-19(20)23-13-27(30(2,33)34)38-39(23)3/h5-13,40H,14H2,1-4H3. The number of aromatic nitrogens is 3. The van der Waals surface area contributed by atoms with Gasteiger partial charge in [-0.2, -0.15) is 13.9 Å². The molecule has 9 nitrogen and oxygen atoms in total. The van der Waals surface area contributed by atoms with E-state index in [9.17, 15) is 31.1 Å². The molecule has 3 heterocycles. The van der Waals surface area contributed by atoms with Gasteiger partial charge in [-0.15, -0.1) is 8.78 Å². The van der Waals surface area contributed by atoms with Gasteiger partial charge in [0.15, 0.2) is 33.0 Å². The SMILES string of the molecule is Cc1nc(-c2ccc3c(c2)OC(F)(F)O3)c(-c2cc(-c3cc(F)c(CO)c(S(C)(=O)=O)c3)ccc2-c2cc(C(C)(F)F)nn2C)o1. The Morgan fingerprint density at radius 1 is 0.957 bits per heavy atom. The number of rotatable bonds is 7. The van der Waals surface area contributed by atoms with E-state index in [4.69, 9.17) is 4.42 Å². The second kappa shape index (κ2) is 10.7. The highest BCUT2D eigenvalue weighted by Crippen LogP contribution is 2.46. The fourth-order valence-electron chi connectivity index (χ4n) is 5.23. The first-order valence-corrected chi connectivity index (χ1v) is 15.4. The third-order valence-corrected chi connectivity index (χ3v) is 8.49. The largest absolute Gasteiger partial charge is 0.586 e. The minimum atomic E-state index is -3.97. The number of alkyl halides is 4. The molecule has 3 aromatic carbocycles. The summed E-state index contributed by atoms with van der Waals surface area (Å²) in [5.41, 5.74) is 0.774. The van der Waals surface area contributed by atoms with E-state index in [1.165, 1.54) is 54.2 Å². The average molecular weight is 662 g/mol. The highest BCUT2D eigenvalue weighted by Gasteiger charge is 2.43. The fourth-order valence-corrected chi connectivity index (χ4v) is 6.18. The summed E-state index contributed by atoms with van der Waals surface area (Å²) in [4.78, 5) is 4.03. The lowest BCUT2D eigenvalue weighted by Crippen LogP contribution is -2.25. The van der Waals surface area contributed by atoms with Crippen molar-refractivity contribution in [3.05, 3.63) is 77.6 Å². The average Bonchev–Trinajstić information content (AvgIpc) is 3.64. The quantitative estimate of drug-likeness (QED) is 0.188. The predicted molar refractivity (Wildman–Crippen MR) is 155 cm³/mol. The normalized spacial score (nSPS) is 14.2. The molecule has 1 aliphatic rings. The Balaban J connectivity index is 1.60. The molecule has 0 bridgehead atoms. The van der Waals surface area contributed by atoms with Crippen molar-refractivity contribution in [1.29, 1.82) is 0 Å². The molecule has 240 valence electrons. The second-order valence-corrected chi connectivity index (χ2v) is 12.8. The molecule has 0 fully saturated rings. The molecular weight excluding hydrogens is 637 g/mol. The monoisotopic (exact) mass is 661 g/mol. The van der Waals surface area contributed by atoms with E-state index in [-0.39, 0.29) is 51.2 Å². The Morgan fingerprint density at radius 3 is 2.30 bits per heavy atom. The number of oxazole rings is 1. The van der Waals surface area contributed by atoms with E-state index in [2.05, 4.69) is 19.6 Å². The van der Waals surface area contributed by atoms with Crippen molar-refractivity contribution in [3.8, 4) is 56.5 Å². The van der Waals surface area contributed by atoms with Crippen LogP contribution in [0.5, 0.6) is 11.5 Å². The van der Waals surface area contributed by atoms with Crippen LogP contribution in [0, 0.1) is 12.7 Å². The van der Waals surface area contributed by atoms with Crippen LogP contribution in [-0.2, 0) is 29.4 Å². The molecule has 5 aromatic rings. The zero-order chi connectivity index (χ0) is 33.3. The van der Waals surface area contributed by atoms with Crippen LogP contribution >= 0.6 is 0 Å². The summed E-state index contributed by atoms with van der Waals surface area (Å²) < 4.78 is 112. The topological polar surface area (TPSA) is 117 Å². The number of benzene rings is 3. The first kappa shape index (κ1) is 31.2. The van der Waals surface area contributed by atoms with Gasteiger partial charge in [0.1, 0.15) is 17.2 Å². The van der Waals surface area contributed by atoms with Crippen LogP contribution in [0.15, 0.2) is 63.9 Å². The molecule has 15 heteroatoms.